The number of nitrogens with zero attached hydrogens (tertiary/aromatic N) is 8. The molecule has 12 fully saturated rings. The van der Waals surface area contributed by atoms with Gasteiger partial charge in [0, 0.05) is 108 Å². The van der Waals surface area contributed by atoms with Gasteiger partial charge >= 0.3 is 39.8 Å². The smallest absolute Gasteiger partial charge is 0.481 e. The fourth-order valence-corrected chi connectivity index (χ4v) is 16.2. The first-order chi connectivity index (χ1) is 49.6. The average Bonchev–Trinajstić information content (AvgIpc) is 0.992. The van der Waals surface area contributed by atoms with E-state index in [1.54, 1.807) is 68.2 Å². The molecule has 0 amide bonds. The second-order valence-electron chi connectivity index (χ2n) is 29.2. The number of aromatic carboxylic acids is 1. The zero-order chi connectivity index (χ0) is 72.9. The van der Waals surface area contributed by atoms with Gasteiger partial charge in [0.25, 0.3) is 0 Å². The number of carboxylic acids is 1. The summed E-state index contributed by atoms with van der Waals surface area (Å²) in [6, 6.07) is 15.3. The molecule has 8 bridgehead atoms. The van der Waals surface area contributed by atoms with E-state index in [-0.39, 0.29) is 57.5 Å². The van der Waals surface area contributed by atoms with Gasteiger partial charge in [-0.05, 0) is 126 Å². The number of carboxylic acid groups (broad SMARTS) is 1. The number of hydrogen-bond acceptors (Lipinski definition) is 15. The van der Waals surface area contributed by atoms with Crippen molar-refractivity contribution in [3.05, 3.63) is 135 Å². The first kappa shape index (κ1) is 75.5. The molecule has 20 rings (SSSR count). The number of hydrogen-bond donors (Lipinski definition) is 6. The van der Waals surface area contributed by atoms with Crippen LogP contribution in [-0.2, 0) is 14.2 Å². The maximum absolute atomic E-state index is 12.7. The molecule has 4 radical (unpaired) electrons. The van der Waals surface area contributed by atoms with Crippen LogP contribution in [0, 0.1) is 52.7 Å². The van der Waals surface area contributed by atoms with E-state index in [0.29, 0.717) is 137 Å². The van der Waals surface area contributed by atoms with E-state index in [0.717, 1.165) is 160 Å². The molecule has 104 heavy (non-hydrogen) atoms. The number of quaternary nitrogens is 2. The first-order valence-electron chi connectivity index (χ1n) is 35.0. The third kappa shape index (κ3) is 15.7. The molecule has 8 aromatic rings. The van der Waals surface area contributed by atoms with Gasteiger partial charge < -0.3 is 81.9 Å². The molecule has 25 nitrogen and oxygen atoms in total. The van der Waals surface area contributed by atoms with Crippen LogP contribution in [0.1, 0.15) is 124 Å². The molecule has 0 unspecified atom stereocenters. The molecule has 540 valence electrons. The van der Waals surface area contributed by atoms with Crippen molar-refractivity contribution >= 4 is 113 Å². The molecule has 12 aliphatic rings. The minimum Gasteiger partial charge on any atom is -0.497 e. The highest BCUT2D eigenvalue weighted by molar-refractivity contribution is 6.10. The van der Waals surface area contributed by atoms with Gasteiger partial charge in [0.2, 0.25) is 0 Å². The van der Waals surface area contributed by atoms with Crippen molar-refractivity contribution in [1.29, 1.82) is 5.26 Å². The predicted molar refractivity (Wildman–Crippen MR) is 394 cm³/mol. The number of halogens is 1. The van der Waals surface area contributed by atoms with Crippen molar-refractivity contribution in [3.63, 3.8) is 0 Å². The van der Waals surface area contributed by atoms with E-state index < -0.39 is 5.97 Å². The van der Waals surface area contributed by atoms with Crippen LogP contribution in [0.25, 0.3) is 58.1 Å². The first-order valence-corrected chi connectivity index (χ1v) is 35.0. The van der Waals surface area contributed by atoms with E-state index in [9.17, 15) is 24.3 Å². The lowest BCUT2D eigenvalue weighted by atomic mass is 9.70. The maximum Gasteiger partial charge on any atom is 0.481 e. The number of aliphatic hydroxyl groups is 1. The van der Waals surface area contributed by atoms with Gasteiger partial charge in [-0.3, -0.25) is 0 Å². The number of rotatable bonds is 15. The number of piperidine rings is 12. The van der Waals surface area contributed by atoms with Crippen molar-refractivity contribution in [2.24, 2.45) is 21.7 Å². The van der Waals surface area contributed by atoms with Gasteiger partial charge in [0.15, 0.2) is 17.1 Å². The third-order valence-electron chi connectivity index (χ3n) is 23.4. The molecule has 12 aliphatic heterocycles. The molecular weight excluding hydrogens is 1350 g/mol. The quantitative estimate of drug-likeness (QED) is 0.0241. The number of fused-ring (bicyclic) bond motifs is 16. The van der Waals surface area contributed by atoms with Crippen LogP contribution in [0.15, 0.2) is 73.3 Å². The lowest BCUT2D eigenvalue weighted by Gasteiger charge is -2.53. The zero-order valence-electron chi connectivity index (χ0n) is 59.3. The average molecular weight is 1430 g/mol. The van der Waals surface area contributed by atoms with Crippen LogP contribution in [0.4, 0.5) is 17.1 Å². The minimum absolute atomic E-state index is 0. The third-order valence-corrected chi connectivity index (χ3v) is 23.4. The van der Waals surface area contributed by atoms with Crippen LogP contribution < -0.4 is 18.9 Å². The zero-order valence-corrected chi connectivity index (χ0v) is 60.1. The highest BCUT2D eigenvalue weighted by atomic mass is 35.5. The van der Waals surface area contributed by atoms with E-state index in [4.69, 9.17) is 79.2 Å². The fourth-order valence-electron chi connectivity index (χ4n) is 16.2. The summed E-state index contributed by atoms with van der Waals surface area (Å²) < 4.78 is 39.8. The molecule has 0 spiro atoms. The normalized spacial score (nSPS) is 25.5. The van der Waals surface area contributed by atoms with Crippen LogP contribution in [-0.4, -0.2) is 222 Å². The van der Waals surface area contributed by atoms with Crippen molar-refractivity contribution in [2.75, 3.05) is 133 Å². The molecule has 0 aliphatic carbocycles. The molecule has 12 saturated heterocycles. The Hall–Kier alpha value is -9.70. The van der Waals surface area contributed by atoms with Crippen molar-refractivity contribution in [1.82, 2.24) is 29.7 Å². The molecule has 16 heterocycles. The topological polar surface area (TPSA) is 280 Å². The second-order valence-corrected chi connectivity index (χ2v) is 29.2. The van der Waals surface area contributed by atoms with Crippen molar-refractivity contribution in [2.45, 2.75) is 77.0 Å². The van der Waals surface area contributed by atoms with E-state index in [1.807, 2.05) is 0 Å². The number of methoxy groups -OCH3 is 4. The monoisotopic (exact) mass is 1430 g/mol. The number of aliphatic hydroxyl groups excluding tert-OH is 1. The van der Waals surface area contributed by atoms with Crippen LogP contribution in [0.3, 0.4) is 0 Å². The summed E-state index contributed by atoms with van der Waals surface area (Å²) >= 11 is 0. The number of aromatic amines is 4. The second kappa shape index (κ2) is 31.3. The number of H-pyrrole nitrogens is 4. The molecule has 4 aromatic heterocycles. The van der Waals surface area contributed by atoms with Crippen LogP contribution in [0.5, 0.6) is 23.0 Å². The van der Waals surface area contributed by atoms with Crippen molar-refractivity contribution < 1.29 is 71.3 Å². The Bertz CT molecular complexity index is 4490. The van der Waals surface area contributed by atoms with Crippen LogP contribution >= 0.6 is 12.4 Å². The van der Waals surface area contributed by atoms with Gasteiger partial charge in [-0.25, -0.2) is 33.7 Å². The highest BCUT2D eigenvalue weighted by Crippen LogP contribution is 2.47. The Kier molecular flexibility index (Phi) is 22.7. The lowest BCUT2D eigenvalue weighted by molar-refractivity contribution is -0.839. The molecule has 0 atom stereocenters. The van der Waals surface area contributed by atoms with Gasteiger partial charge in [-0.15, -0.1) is 12.4 Å². The van der Waals surface area contributed by atoms with E-state index >= 15 is 0 Å². The summed E-state index contributed by atoms with van der Waals surface area (Å²) in [5.74, 6) is -0.141. The maximum atomic E-state index is 12.7. The Labute approximate surface area is 612 Å². The SMILES string of the molecule is COc1cc(C#N)cc2[nH]cc(C(=O)OCC34CCN(CC3)CC4)c12.Cl.[B][N+]12CCC(CO)(CC1)CC2.[B][N+]12CCC(COC(=O)c3c[nH]c4cc([N+]#[C-])cc(OC)c34)(CC1)CC2.[C-]#[N+]c1cc(OC)c2c(C(=O)O)c[nH]c2c1.[C-]#[N+]c1cc(OC)c2c(C(=O)OCC34CCN(CC3)CC4)c[nH]c2c1. The summed E-state index contributed by atoms with van der Waals surface area (Å²) in [7, 11) is 18.4. The lowest BCUT2D eigenvalue weighted by Crippen LogP contribution is -2.61. The fraction of sp³-hybridized carbons (Fsp3) is 0.474. The molecule has 0 saturated carbocycles. The highest BCUT2D eigenvalue weighted by Gasteiger charge is 2.49. The molecule has 28 heteroatoms. The van der Waals surface area contributed by atoms with Gasteiger partial charge in [0.1, 0.15) is 23.0 Å². The summed E-state index contributed by atoms with van der Waals surface area (Å²) in [6.07, 6.45) is 19.3. The number of carbonyl (C=O) groups excluding carboxylic acids is 3. The number of nitriles is 1. The number of carbonyl (C=O) groups is 4. The van der Waals surface area contributed by atoms with Crippen molar-refractivity contribution in [3.8, 4) is 29.1 Å². The largest absolute Gasteiger partial charge is 0.497 e. The summed E-state index contributed by atoms with van der Waals surface area (Å²) in [4.78, 5) is 76.1. The number of benzene rings is 4. The Balaban J connectivity index is 0.000000133. The molecule has 4 aromatic carbocycles. The number of nitrogens with one attached hydrogen (secondary N) is 4. The summed E-state index contributed by atoms with van der Waals surface area (Å²) in [5.41, 5.74) is 6.66. The predicted octanol–water partition coefficient (Wildman–Crippen LogP) is 11.9. The standard InChI is InChI=1S/C19H21BN3O3.2C19H21N3O3.C11H8N2O3.C8H15BNO.ClH/c1-21-13-9-15-17(16(10-13)25-2)14(11-22-15)18(24)26-12-19-3-6-23(20,7-4-19)8-5-19;1-20-13-9-15-17(16(10-13)24-2)14(11-21-15)18(23)25-12-19-3-6-22(7-4-19)8-5-19;1-24-16-9-13(10-20)8-15-17(16)14(11-21-15)18(23)25-12-19-2-5-22(6-3-19)7-4-19;1-12-6-3-8-10(9(4-6)16-2)7(5-13-8)11(14)15;9-10-4-1-8(7-11,2-5-10)3-6-10;/h9-11,22H,3-8,12H2,2H3;9-11,21H,3-8,12H2,2H3;8-9,11,21H,2-7,12H2,1H3;3-5,13H,2H3,(H,14,15);11H,1-7H2;1H/q+1;;;;+1;. The van der Waals surface area contributed by atoms with Gasteiger partial charge in [-0.2, -0.15) is 5.26 Å². The van der Waals surface area contributed by atoms with Crippen LogP contribution in [0.2, 0.25) is 0 Å². The Morgan fingerprint density at radius 2 is 0.750 bits per heavy atom. The summed E-state index contributed by atoms with van der Waals surface area (Å²) in [5, 5.41) is 29.8. The minimum atomic E-state index is -1.03. The van der Waals surface area contributed by atoms with E-state index in [2.05, 4.69) is 50.3 Å². The van der Waals surface area contributed by atoms with E-state index in [1.165, 1.54) is 33.6 Å². The number of ether oxygens (including phenoxy) is 7. The van der Waals surface area contributed by atoms with Gasteiger partial charge in [-0.1, -0.05) is 0 Å². The number of esters is 3. The Morgan fingerprint density at radius 3 is 1.04 bits per heavy atom. The summed E-state index contributed by atoms with van der Waals surface area (Å²) in [6.45, 7) is 35.7. The van der Waals surface area contributed by atoms with Gasteiger partial charge in [0.05, 0.1) is 168 Å². The Morgan fingerprint density at radius 1 is 0.471 bits per heavy atom. The molecule has 6 N–H and O–H groups in total. The number of aromatic nitrogens is 4. The molecular formula is C76H87B2ClN12O13+2.